The summed E-state index contributed by atoms with van der Waals surface area (Å²) in [5, 5.41) is 15.1. The minimum atomic E-state index is -0.510. The van der Waals surface area contributed by atoms with Crippen LogP contribution in [-0.2, 0) is 11.2 Å². The number of benzene rings is 2. The fraction of sp³-hybridized carbons (Fsp3) is 0.150. The lowest BCUT2D eigenvalue weighted by Crippen LogP contribution is -2.19. The van der Waals surface area contributed by atoms with E-state index in [1.54, 1.807) is 12.1 Å². The molecule has 0 saturated carbocycles. The van der Waals surface area contributed by atoms with E-state index in [1.807, 2.05) is 31.2 Å². The maximum atomic E-state index is 13.7. The number of carbonyl (C=O) groups is 1. The van der Waals surface area contributed by atoms with Gasteiger partial charge in [-0.25, -0.2) is 4.39 Å². The molecule has 30 heavy (non-hydrogen) atoms. The lowest BCUT2D eigenvalue weighted by molar-refractivity contribution is -0.113. The van der Waals surface area contributed by atoms with Crippen LogP contribution in [0.2, 0.25) is 0 Å². The quantitative estimate of drug-likeness (QED) is 0.461. The van der Waals surface area contributed by atoms with E-state index < -0.39 is 11.7 Å². The lowest BCUT2D eigenvalue weighted by Gasteiger charge is -2.05. The first-order chi connectivity index (χ1) is 14.5. The number of nitrogens with one attached hydrogen (secondary N) is 2. The number of hydrogen-bond acceptors (Lipinski definition) is 6. The Balaban J connectivity index is 1.50. The molecule has 0 bridgehead atoms. The van der Waals surface area contributed by atoms with Gasteiger partial charge in [-0.3, -0.25) is 14.6 Å². The summed E-state index contributed by atoms with van der Waals surface area (Å²) in [6, 6.07) is 13.7. The van der Waals surface area contributed by atoms with Crippen LogP contribution in [-0.4, -0.2) is 36.5 Å². The third-order valence-electron chi connectivity index (χ3n) is 4.29. The zero-order valence-electron chi connectivity index (χ0n) is 15.9. The van der Waals surface area contributed by atoms with Crippen LogP contribution >= 0.6 is 11.8 Å². The average Bonchev–Trinajstić information content (AvgIpc) is 3.11. The number of amides is 1. The van der Waals surface area contributed by atoms with Crippen molar-refractivity contribution in [1.29, 1.82) is 0 Å². The van der Waals surface area contributed by atoms with E-state index in [-0.39, 0.29) is 22.8 Å². The van der Waals surface area contributed by atoms with Crippen molar-refractivity contribution in [2.75, 3.05) is 11.1 Å². The molecular weight excluding hydrogens is 407 g/mol. The van der Waals surface area contributed by atoms with Gasteiger partial charge in [0.25, 0.3) is 11.3 Å². The van der Waals surface area contributed by atoms with Gasteiger partial charge in [-0.1, -0.05) is 53.7 Å². The third-order valence-corrected chi connectivity index (χ3v) is 5.21. The maximum Gasteiger partial charge on any atom is 0.274 e. The van der Waals surface area contributed by atoms with Gasteiger partial charge in [-0.15, -0.1) is 10.2 Å². The van der Waals surface area contributed by atoms with E-state index in [0.29, 0.717) is 17.3 Å². The first-order valence-electron chi connectivity index (χ1n) is 9.07. The summed E-state index contributed by atoms with van der Waals surface area (Å²) in [5.41, 5.74) is 2.15. The van der Waals surface area contributed by atoms with E-state index >= 15 is 0 Å². The summed E-state index contributed by atoms with van der Waals surface area (Å²) in [7, 11) is 0. The third kappa shape index (κ3) is 4.38. The molecule has 10 heteroatoms. The number of thioether (sulfide) groups is 1. The lowest BCUT2D eigenvalue weighted by atomic mass is 10.1. The van der Waals surface area contributed by atoms with E-state index in [0.717, 1.165) is 22.9 Å². The van der Waals surface area contributed by atoms with Gasteiger partial charge in [-0.05, 0) is 24.6 Å². The van der Waals surface area contributed by atoms with E-state index in [1.165, 1.54) is 16.6 Å². The SMILES string of the molecule is Cc1ccc(Cc2nn3c(SCC(=O)Nc4ccccc4F)nnc3[nH]c2=O)cc1. The molecule has 2 aromatic heterocycles. The van der Waals surface area contributed by atoms with Crippen molar-refractivity contribution >= 4 is 29.1 Å². The van der Waals surface area contributed by atoms with Crippen molar-refractivity contribution in [2.24, 2.45) is 0 Å². The van der Waals surface area contributed by atoms with Crippen LogP contribution in [0, 0.1) is 12.7 Å². The number of fused-ring (bicyclic) bond motifs is 1. The van der Waals surface area contributed by atoms with Crippen molar-refractivity contribution in [3.8, 4) is 0 Å². The van der Waals surface area contributed by atoms with E-state index in [9.17, 15) is 14.0 Å². The van der Waals surface area contributed by atoms with Gasteiger partial charge in [0.15, 0.2) is 0 Å². The van der Waals surface area contributed by atoms with Crippen molar-refractivity contribution in [2.45, 2.75) is 18.5 Å². The second-order valence-corrected chi connectivity index (χ2v) is 7.54. The molecule has 4 rings (SSSR count). The topological polar surface area (TPSA) is 105 Å². The first kappa shape index (κ1) is 19.8. The number of nitrogens with zero attached hydrogens (tertiary/aromatic N) is 4. The van der Waals surface area contributed by atoms with Gasteiger partial charge in [0.05, 0.1) is 11.4 Å². The number of para-hydroxylation sites is 1. The Labute approximate surface area is 174 Å². The molecule has 4 aromatic rings. The number of aromatic amines is 1. The van der Waals surface area contributed by atoms with Crippen LogP contribution in [0.4, 0.5) is 10.1 Å². The molecule has 0 aliphatic carbocycles. The fourth-order valence-corrected chi connectivity index (χ4v) is 3.44. The van der Waals surface area contributed by atoms with Crippen molar-refractivity contribution in [1.82, 2.24) is 24.8 Å². The van der Waals surface area contributed by atoms with Crippen molar-refractivity contribution < 1.29 is 9.18 Å². The Morgan fingerprint density at radius 3 is 2.70 bits per heavy atom. The van der Waals surface area contributed by atoms with Crippen LogP contribution in [0.3, 0.4) is 0 Å². The summed E-state index contributed by atoms with van der Waals surface area (Å²) in [5.74, 6) is -0.747. The molecular formula is C20H17FN6O2S. The molecule has 2 aromatic carbocycles. The number of anilines is 1. The Kier molecular flexibility index (Phi) is 5.57. The minimum absolute atomic E-state index is 0.0246. The Bertz CT molecular complexity index is 1270. The van der Waals surface area contributed by atoms with Gasteiger partial charge in [-0.2, -0.15) is 9.61 Å². The molecule has 8 nitrogen and oxygen atoms in total. The van der Waals surface area contributed by atoms with Crippen LogP contribution in [0.5, 0.6) is 0 Å². The number of rotatable bonds is 6. The number of hydrogen-bond donors (Lipinski definition) is 2. The summed E-state index contributed by atoms with van der Waals surface area (Å²) < 4.78 is 15.1. The van der Waals surface area contributed by atoms with Crippen molar-refractivity contribution in [3.63, 3.8) is 0 Å². The molecule has 0 fully saturated rings. The zero-order valence-corrected chi connectivity index (χ0v) is 16.7. The second-order valence-electron chi connectivity index (χ2n) is 6.60. The molecule has 0 atom stereocenters. The summed E-state index contributed by atoms with van der Waals surface area (Å²) in [6.45, 7) is 1.99. The summed E-state index contributed by atoms with van der Waals surface area (Å²) in [4.78, 5) is 27.1. The molecule has 152 valence electrons. The summed E-state index contributed by atoms with van der Waals surface area (Å²) >= 11 is 1.08. The van der Waals surface area contributed by atoms with Crippen LogP contribution in [0.25, 0.3) is 5.78 Å². The van der Waals surface area contributed by atoms with Crippen LogP contribution in [0.1, 0.15) is 16.8 Å². The van der Waals surface area contributed by atoms with E-state index in [2.05, 4.69) is 25.6 Å². The Hall–Kier alpha value is -3.53. The number of halogens is 1. The highest BCUT2D eigenvalue weighted by atomic mass is 32.2. The molecule has 2 heterocycles. The highest BCUT2D eigenvalue weighted by Crippen LogP contribution is 2.17. The molecule has 0 aliphatic heterocycles. The second kappa shape index (κ2) is 8.46. The van der Waals surface area contributed by atoms with Crippen molar-refractivity contribution in [3.05, 3.63) is 81.5 Å². The molecule has 0 saturated heterocycles. The van der Waals surface area contributed by atoms with Gasteiger partial charge < -0.3 is 5.32 Å². The highest BCUT2D eigenvalue weighted by Gasteiger charge is 2.14. The molecule has 0 aliphatic rings. The summed E-state index contributed by atoms with van der Waals surface area (Å²) in [6.07, 6.45) is 0.349. The monoisotopic (exact) mass is 424 g/mol. The molecule has 2 N–H and O–H groups in total. The van der Waals surface area contributed by atoms with Gasteiger partial charge >= 0.3 is 0 Å². The average molecular weight is 424 g/mol. The fourth-order valence-electron chi connectivity index (χ4n) is 2.76. The smallest absolute Gasteiger partial charge is 0.274 e. The number of aryl methyl sites for hydroxylation is 1. The zero-order chi connectivity index (χ0) is 21.1. The number of H-pyrrole nitrogens is 1. The normalized spacial score (nSPS) is 11.0. The minimum Gasteiger partial charge on any atom is -0.323 e. The molecule has 0 spiro atoms. The van der Waals surface area contributed by atoms with Gasteiger partial charge in [0, 0.05) is 6.42 Å². The predicted octanol–water partition coefficient (Wildman–Crippen LogP) is 2.58. The highest BCUT2D eigenvalue weighted by molar-refractivity contribution is 7.99. The van der Waals surface area contributed by atoms with Gasteiger partial charge in [0.1, 0.15) is 11.5 Å². The Morgan fingerprint density at radius 1 is 1.17 bits per heavy atom. The number of carbonyl (C=O) groups excluding carboxylic acids is 1. The predicted molar refractivity (Wildman–Crippen MR) is 111 cm³/mol. The molecule has 1 amide bonds. The van der Waals surface area contributed by atoms with Crippen LogP contribution < -0.4 is 10.9 Å². The van der Waals surface area contributed by atoms with E-state index in [4.69, 9.17) is 0 Å². The van der Waals surface area contributed by atoms with Crippen LogP contribution in [0.15, 0.2) is 58.5 Å². The largest absolute Gasteiger partial charge is 0.323 e. The maximum absolute atomic E-state index is 13.7. The first-order valence-corrected chi connectivity index (χ1v) is 10.1. The van der Waals surface area contributed by atoms with Gasteiger partial charge in [0.2, 0.25) is 11.1 Å². The molecule has 0 unspecified atom stereocenters. The standard InChI is InChI=1S/C20H17FN6O2S/c1-12-6-8-13(9-7-12)10-16-18(29)23-19-24-25-20(27(19)26-16)30-11-17(28)22-15-5-3-2-4-14(15)21/h2-9H,10-11H2,1H3,(H,22,28)(H,23,24,29). The molecule has 0 radical (unpaired) electrons. The Morgan fingerprint density at radius 2 is 1.93 bits per heavy atom. The number of aromatic nitrogens is 5.